The van der Waals surface area contributed by atoms with Gasteiger partial charge in [-0.2, -0.15) is 0 Å². The highest BCUT2D eigenvalue weighted by Crippen LogP contribution is 2.31. The second kappa shape index (κ2) is 8.25. The number of carbonyl (C=O) groups excluding carboxylic acids is 2. The van der Waals surface area contributed by atoms with E-state index < -0.39 is 12.1 Å². The Hall–Kier alpha value is -2.86. The molecule has 0 bridgehead atoms. The van der Waals surface area contributed by atoms with E-state index in [0.717, 1.165) is 30.5 Å². The maximum atomic E-state index is 12.7. The van der Waals surface area contributed by atoms with Gasteiger partial charge < -0.3 is 20.6 Å². The van der Waals surface area contributed by atoms with Crippen LogP contribution in [0.25, 0.3) is 0 Å². The van der Waals surface area contributed by atoms with Crippen LogP contribution in [0.4, 0.5) is 10.5 Å². The molecule has 1 aliphatic heterocycles. The van der Waals surface area contributed by atoms with Gasteiger partial charge in [-0.25, -0.2) is 4.79 Å². The van der Waals surface area contributed by atoms with Gasteiger partial charge in [-0.1, -0.05) is 24.3 Å². The zero-order valence-electron chi connectivity index (χ0n) is 16.6. The largest absolute Gasteiger partial charge is 0.390 e. The predicted octanol–water partition coefficient (Wildman–Crippen LogP) is 3.48. The van der Waals surface area contributed by atoms with Gasteiger partial charge >= 0.3 is 6.03 Å². The van der Waals surface area contributed by atoms with E-state index in [1.165, 1.54) is 6.42 Å². The van der Waals surface area contributed by atoms with E-state index in [-0.39, 0.29) is 18.0 Å². The average molecular weight is 393 g/mol. The van der Waals surface area contributed by atoms with Crippen molar-refractivity contribution in [3.8, 4) is 0 Å². The fraction of sp³-hybridized carbons (Fsp3) is 0.391. The van der Waals surface area contributed by atoms with Crippen molar-refractivity contribution in [2.24, 2.45) is 0 Å². The molecule has 0 radical (unpaired) electrons. The molecule has 2 aliphatic rings. The Morgan fingerprint density at radius 2 is 1.83 bits per heavy atom. The van der Waals surface area contributed by atoms with Gasteiger partial charge in [0.1, 0.15) is 0 Å². The zero-order valence-corrected chi connectivity index (χ0v) is 16.6. The summed E-state index contributed by atoms with van der Waals surface area (Å²) in [5, 5.41) is 15.9. The number of rotatable bonds is 3. The Labute approximate surface area is 170 Å². The van der Waals surface area contributed by atoms with Crippen LogP contribution >= 0.6 is 0 Å². The number of anilines is 1. The molecule has 1 heterocycles. The molecule has 29 heavy (non-hydrogen) atoms. The minimum Gasteiger partial charge on any atom is -0.390 e. The van der Waals surface area contributed by atoms with Crippen molar-refractivity contribution in [3.05, 3.63) is 65.2 Å². The first-order valence-corrected chi connectivity index (χ1v) is 10.3. The van der Waals surface area contributed by atoms with Gasteiger partial charge in [-0.05, 0) is 61.6 Å². The molecule has 3 atom stereocenters. The lowest BCUT2D eigenvalue weighted by Gasteiger charge is -2.33. The lowest BCUT2D eigenvalue weighted by molar-refractivity contribution is 0.0635. The fourth-order valence-corrected chi connectivity index (χ4v) is 4.32. The monoisotopic (exact) mass is 393 g/mol. The van der Waals surface area contributed by atoms with E-state index in [2.05, 4.69) is 17.6 Å². The number of hydrogen-bond donors (Lipinski definition) is 3. The van der Waals surface area contributed by atoms with Gasteiger partial charge in [-0.15, -0.1) is 0 Å². The van der Waals surface area contributed by atoms with Crippen LogP contribution in [0.3, 0.4) is 0 Å². The van der Waals surface area contributed by atoms with Gasteiger partial charge in [0, 0.05) is 30.3 Å². The molecule has 2 aromatic rings. The topological polar surface area (TPSA) is 81.7 Å². The Morgan fingerprint density at radius 3 is 2.59 bits per heavy atom. The van der Waals surface area contributed by atoms with Gasteiger partial charge in [0.05, 0.1) is 12.1 Å². The van der Waals surface area contributed by atoms with Gasteiger partial charge in [0.15, 0.2) is 0 Å². The van der Waals surface area contributed by atoms with Crippen LogP contribution in [0.15, 0.2) is 48.5 Å². The third kappa shape index (κ3) is 4.12. The number of piperidine rings is 1. The van der Waals surface area contributed by atoms with Crippen molar-refractivity contribution in [1.29, 1.82) is 0 Å². The number of urea groups is 1. The molecule has 152 valence electrons. The molecular weight excluding hydrogens is 366 g/mol. The number of carbonyl (C=O) groups is 2. The normalized spacial score (nSPS) is 23.4. The lowest BCUT2D eigenvalue weighted by Crippen LogP contribution is -2.42. The maximum Gasteiger partial charge on any atom is 0.319 e. The first-order valence-electron chi connectivity index (χ1n) is 10.3. The second-order valence-electron chi connectivity index (χ2n) is 7.97. The predicted molar refractivity (Wildman–Crippen MR) is 112 cm³/mol. The summed E-state index contributed by atoms with van der Waals surface area (Å²) in [5.74, 6) is 0.0406. The molecule has 0 spiro atoms. The quantitative estimate of drug-likeness (QED) is 0.747. The lowest BCUT2D eigenvalue weighted by atomic mass is 10.0. The molecule has 3 N–H and O–H groups in total. The summed E-state index contributed by atoms with van der Waals surface area (Å²) in [6.07, 6.45) is 3.16. The number of likely N-dealkylation sites (tertiary alicyclic amines) is 1. The van der Waals surface area contributed by atoms with Crippen molar-refractivity contribution in [2.75, 3.05) is 11.9 Å². The van der Waals surface area contributed by atoms with E-state index in [9.17, 15) is 14.7 Å². The molecular formula is C23H27N3O3. The standard InChI is InChI=1S/C23H27N3O3/c1-15-6-4-5-13-26(15)22(28)16-9-11-18(12-10-16)24-23(29)25-21-19-8-3-2-7-17(19)14-20(21)27/h2-3,7-12,15,20-21,27H,4-6,13-14H2,1H3,(H2,24,25,29)/t15-,20+,21-/m1/s1. The molecule has 6 nitrogen and oxygen atoms in total. The van der Waals surface area contributed by atoms with E-state index in [1.54, 1.807) is 24.3 Å². The van der Waals surface area contributed by atoms with Crippen molar-refractivity contribution in [2.45, 2.75) is 50.8 Å². The molecule has 0 aromatic heterocycles. The van der Waals surface area contributed by atoms with Crippen molar-refractivity contribution in [3.63, 3.8) is 0 Å². The molecule has 6 heteroatoms. The van der Waals surface area contributed by atoms with Crippen molar-refractivity contribution < 1.29 is 14.7 Å². The average Bonchev–Trinajstić information content (AvgIpc) is 3.03. The highest BCUT2D eigenvalue weighted by atomic mass is 16.3. The van der Waals surface area contributed by atoms with Crippen LogP contribution < -0.4 is 10.6 Å². The van der Waals surface area contributed by atoms with E-state index >= 15 is 0 Å². The van der Waals surface area contributed by atoms with Crippen LogP contribution in [0.2, 0.25) is 0 Å². The molecule has 0 unspecified atom stereocenters. The van der Waals surface area contributed by atoms with Crippen LogP contribution in [0.5, 0.6) is 0 Å². The number of nitrogens with zero attached hydrogens (tertiary/aromatic N) is 1. The van der Waals surface area contributed by atoms with Crippen LogP contribution in [-0.2, 0) is 6.42 Å². The Morgan fingerprint density at radius 1 is 1.07 bits per heavy atom. The first kappa shape index (κ1) is 19.5. The first-order chi connectivity index (χ1) is 14.0. The molecule has 1 fully saturated rings. The molecule has 1 aliphatic carbocycles. The van der Waals surface area contributed by atoms with Crippen molar-refractivity contribution in [1.82, 2.24) is 10.2 Å². The summed E-state index contributed by atoms with van der Waals surface area (Å²) in [7, 11) is 0. The third-order valence-electron chi connectivity index (χ3n) is 5.94. The summed E-state index contributed by atoms with van der Waals surface area (Å²) >= 11 is 0. The number of aliphatic hydroxyl groups excluding tert-OH is 1. The molecule has 2 aromatic carbocycles. The zero-order chi connectivity index (χ0) is 20.4. The van der Waals surface area contributed by atoms with E-state index in [1.807, 2.05) is 29.2 Å². The Bertz CT molecular complexity index is 896. The smallest absolute Gasteiger partial charge is 0.319 e. The highest BCUT2D eigenvalue weighted by molar-refractivity contribution is 5.96. The minimum atomic E-state index is -0.635. The number of nitrogens with one attached hydrogen (secondary N) is 2. The van der Waals surface area contributed by atoms with Gasteiger partial charge in [0.25, 0.3) is 5.91 Å². The van der Waals surface area contributed by atoms with Gasteiger partial charge in [-0.3, -0.25) is 4.79 Å². The number of benzene rings is 2. The van der Waals surface area contributed by atoms with E-state index in [4.69, 9.17) is 0 Å². The molecule has 1 saturated heterocycles. The van der Waals surface area contributed by atoms with E-state index in [0.29, 0.717) is 17.7 Å². The number of aliphatic hydroxyl groups is 1. The summed E-state index contributed by atoms with van der Waals surface area (Å²) in [6.45, 7) is 2.89. The Kier molecular flexibility index (Phi) is 5.53. The number of fused-ring (bicyclic) bond motifs is 1. The summed E-state index contributed by atoms with van der Waals surface area (Å²) in [6, 6.07) is 14.2. The highest BCUT2D eigenvalue weighted by Gasteiger charge is 2.32. The summed E-state index contributed by atoms with van der Waals surface area (Å²) < 4.78 is 0. The van der Waals surface area contributed by atoms with Crippen LogP contribution in [-0.4, -0.2) is 40.6 Å². The third-order valence-corrected chi connectivity index (χ3v) is 5.94. The SMILES string of the molecule is C[C@@H]1CCCCN1C(=O)c1ccc(NC(=O)N[C@@H]2c3ccccc3C[C@@H]2O)cc1. The minimum absolute atomic E-state index is 0.0406. The number of hydrogen-bond acceptors (Lipinski definition) is 3. The summed E-state index contributed by atoms with van der Waals surface area (Å²) in [4.78, 5) is 27.1. The molecule has 3 amide bonds. The maximum absolute atomic E-state index is 12.7. The molecule has 4 rings (SSSR count). The fourth-order valence-electron chi connectivity index (χ4n) is 4.32. The van der Waals surface area contributed by atoms with Crippen molar-refractivity contribution >= 4 is 17.6 Å². The van der Waals surface area contributed by atoms with Gasteiger partial charge in [0.2, 0.25) is 0 Å². The second-order valence-corrected chi connectivity index (χ2v) is 7.97. The Balaban J connectivity index is 1.37. The van der Waals surface area contributed by atoms with Crippen LogP contribution in [0.1, 0.15) is 53.7 Å². The molecule has 0 saturated carbocycles. The number of amides is 3. The summed E-state index contributed by atoms with van der Waals surface area (Å²) in [5.41, 5.74) is 3.24. The van der Waals surface area contributed by atoms with Crippen LogP contribution in [0, 0.1) is 0 Å².